The summed E-state index contributed by atoms with van der Waals surface area (Å²) in [6.45, 7) is 4.28. The summed E-state index contributed by atoms with van der Waals surface area (Å²) in [4.78, 5) is 24.0. The molecule has 2 heterocycles. The van der Waals surface area contributed by atoms with E-state index in [1.807, 2.05) is 18.2 Å². The maximum absolute atomic E-state index is 13.4. The summed E-state index contributed by atoms with van der Waals surface area (Å²) in [5.41, 5.74) is 10.8. The Balaban J connectivity index is 1.60. The van der Waals surface area contributed by atoms with Crippen LogP contribution >= 0.6 is 0 Å². The van der Waals surface area contributed by atoms with Crippen LogP contribution in [0.15, 0.2) is 65.9 Å². The third-order valence-electron chi connectivity index (χ3n) is 6.73. The van der Waals surface area contributed by atoms with Gasteiger partial charge in [0.15, 0.2) is 5.78 Å². The molecule has 7 heteroatoms. The Morgan fingerprint density at radius 2 is 1.68 bits per heavy atom. The zero-order valence-electron chi connectivity index (χ0n) is 17.6. The molecule has 3 aliphatic rings. The standard InChI is InChI=1S/C24H26N4O3/c1-24(2)12-17-20(18(29)13-24)19(14-6-4-3-5-7-14)21-22(26-27-23(21)25-17)15-8-10-16(11-9-15)28(30)31/h3-11,19,21-23,25-27H,12-13H2,1-2H3. The highest BCUT2D eigenvalue weighted by molar-refractivity contribution is 5.99. The molecule has 1 aliphatic carbocycles. The number of nitrogens with one attached hydrogen (secondary N) is 3. The van der Waals surface area contributed by atoms with E-state index in [9.17, 15) is 14.9 Å². The van der Waals surface area contributed by atoms with Gasteiger partial charge in [0.25, 0.3) is 5.69 Å². The molecule has 2 aliphatic heterocycles. The minimum Gasteiger partial charge on any atom is -0.371 e. The number of hydrogen-bond donors (Lipinski definition) is 3. The van der Waals surface area contributed by atoms with E-state index < -0.39 is 0 Å². The van der Waals surface area contributed by atoms with Gasteiger partial charge in [-0.05, 0) is 23.0 Å². The molecule has 2 aromatic rings. The largest absolute Gasteiger partial charge is 0.371 e. The predicted octanol–water partition coefficient (Wildman–Crippen LogP) is 3.72. The van der Waals surface area contributed by atoms with Gasteiger partial charge in [-0.15, -0.1) is 0 Å². The van der Waals surface area contributed by atoms with E-state index in [4.69, 9.17) is 0 Å². The van der Waals surface area contributed by atoms with E-state index in [1.54, 1.807) is 12.1 Å². The minimum atomic E-state index is -0.388. The van der Waals surface area contributed by atoms with E-state index in [-0.39, 0.29) is 45.9 Å². The van der Waals surface area contributed by atoms with Crippen molar-refractivity contribution in [1.29, 1.82) is 0 Å². The number of nitro groups is 1. The number of fused-ring (bicyclic) bond motifs is 1. The molecule has 0 radical (unpaired) electrons. The van der Waals surface area contributed by atoms with Crippen molar-refractivity contribution in [2.24, 2.45) is 11.3 Å². The second-order valence-corrected chi connectivity index (χ2v) is 9.54. The molecule has 1 fully saturated rings. The number of hydrogen-bond acceptors (Lipinski definition) is 6. The maximum atomic E-state index is 13.4. The van der Waals surface area contributed by atoms with Gasteiger partial charge in [0.2, 0.25) is 0 Å². The topological polar surface area (TPSA) is 96.3 Å². The summed E-state index contributed by atoms with van der Waals surface area (Å²) in [6, 6.07) is 16.8. The Bertz CT molecular complexity index is 1060. The Kier molecular flexibility index (Phi) is 4.68. The zero-order valence-corrected chi connectivity index (χ0v) is 17.6. The number of ketones is 1. The lowest BCUT2D eigenvalue weighted by atomic mass is 9.65. The van der Waals surface area contributed by atoms with Crippen LogP contribution in [0.5, 0.6) is 0 Å². The molecule has 1 saturated heterocycles. The van der Waals surface area contributed by atoms with Gasteiger partial charge < -0.3 is 5.32 Å². The second kappa shape index (κ2) is 7.28. The summed E-state index contributed by atoms with van der Waals surface area (Å²) in [7, 11) is 0. The fourth-order valence-corrected chi connectivity index (χ4v) is 5.44. The molecule has 0 amide bonds. The molecule has 0 saturated carbocycles. The first-order valence-electron chi connectivity index (χ1n) is 10.7. The van der Waals surface area contributed by atoms with E-state index in [2.05, 4.69) is 42.1 Å². The molecule has 5 rings (SSSR count). The minimum absolute atomic E-state index is 0.0350. The number of carbonyl (C=O) groups is 1. The van der Waals surface area contributed by atoms with Gasteiger partial charge >= 0.3 is 0 Å². The second-order valence-electron chi connectivity index (χ2n) is 9.54. The Hall–Kier alpha value is -3.03. The number of nitro benzene ring substituents is 1. The van der Waals surface area contributed by atoms with E-state index in [0.717, 1.165) is 28.8 Å². The third kappa shape index (κ3) is 3.43. The number of rotatable bonds is 3. The number of non-ortho nitro benzene ring substituents is 1. The van der Waals surface area contributed by atoms with Gasteiger partial charge in [-0.3, -0.25) is 14.9 Å². The van der Waals surface area contributed by atoms with E-state index in [1.165, 1.54) is 12.1 Å². The van der Waals surface area contributed by atoms with Gasteiger partial charge in [-0.1, -0.05) is 56.3 Å². The Morgan fingerprint density at radius 3 is 2.35 bits per heavy atom. The highest BCUT2D eigenvalue weighted by Crippen LogP contribution is 2.51. The highest BCUT2D eigenvalue weighted by Gasteiger charge is 2.51. The molecular weight excluding hydrogens is 392 g/mol. The lowest BCUT2D eigenvalue weighted by Crippen LogP contribution is -2.51. The number of nitrogens with zero attached hydrogens (tertiary/aromatic N) is 1. The Labute approximate surface area is 181 Å². The first-order valence-corrected chi connectivity index (χ1v) is 10.7. The number of allylic oxidation sites excluding steroid dienone is 2. The number of hydrazine groups is 1. The molecule has 4 unspecified atom stereocenters. The molecule has 3 N–H and O–H groups in total. The SMILES string of the molecule is CC1(C)CC(=O)C2=C(C1)NC1NNC(c3ccc([N+](=O)[O-])cc3)C1C2c1ccccc1. The normalized spacial score (nSPS) is 29.2. The highest BCUT2D eigenvalue weighted by atomic mass is 16.6. The monoisotopic (exact) mass is 418 g/mol. The third-order valence-corrected chi connectivity index (χ3v) is 6.73. The van der Waals surface area contributed by atoms with Crippen LogP contribution in [-0.2, 0) is 4.79 Å². The van der Waals surface area contributed by atoms with Crippen LogP contribution in [0.25, 0.3) is 0 Å². The molecular formula is C24H26N4O3. The van der Waals surface area contributed by atoms with E-state index >= 15 is 0 Å². The molecule has 7 nitrogen and oxygen atoms in total. The number of benzene rings is 2. The van der Waals surface area contributed by atoms with Crippen molar-refractivity contribution >= 4 is 11.5 Å². The zero-order chi connectivity index (χ0) is 21.8. The summed E-state index contributed by atoms with van der Waals surface area (Å²) in [5, 5.41) is 14.7. The van der Waals surface area contributed by atoms with Crippen LogP contribution in [0.4, 0.5) is 5.69 Å². The molecule has 0 bridgehead atoms. The summed E-state index contributed by atoms with van der Waals surface area (Å²) >= 11 is 0. The van der Waals surface area contributed by atoms with E-state index in [0.29, 0.717) is 6.42 Å². The average Bonchev–Trinajstić information content (AvgIpc) is 3.15. The summed E-state index contributed by atoms with van der Waals surface area (Å²) in [5.74, 6) is 0.182. The smallest absolute Gasteiger partial charge is 0.269 e. The van der Waals surface area contributed by atoms with Crippen molar-refractivity contribution in [2.45, 2.75) is 44.8 Å². The van der Waals surface area contributed by atoms with Gasteiger partial charge in [0, 0.05) is 41.7 Å². The Morgan fingerprint density at radius 1 is 0.968 bits per heavy atom. The van der Waals surface area contributed by atoms with Crippen LogP contribution in [0.2, 0.25) is 0 Å². The first-order chi connectivity index (χ1) is 14.8. The lowest BCUT2D eigenvalue weighted by molar-refractivity contribution is -0.384. The van der Waals surface area contributed by atoms with Crippen LogP contribution in [0, 0.1) is 21.4 Å². The van der Waals surface area contributed by atoms with Crippen LogP contribution in [0.3, 0.4) is 0 Å². The van der Waals surface area contributed by atoms with Crippen LogP contribution in [-0.4, -0.2) is 16.9 Å². The van der Waals surface area contributed by atoms with Crippen molar-refractivity contribution < 1.29 is 9.72 Å². The summed E-state index contributed by atoms with van der Waals surface area (Å²) < 4.78 is 0. The van der Waals surface area contributed by atoms with Crippen molar-refractivity contribution in [3.63, 3.8) is 0 Å². The van der Waals surface area contributed by atoms with Crippen molar-refractivity contribution in [2.75, 3.05) is 0 Å². The van der Waals surface area contributed by atoms with Crippen LogP contribution in [0.1, 0.15) is 49.8 Å². The van der Waals surface area contributed by atoms with Crippen molar-refractivity contribution in [3.05, 3.63) is 87.1 Å². The van der Waals surface area contributed by atoms with Gasteiger partial charge in [0.05, 0.1) is 17.1 Å². The molecule has 0 spiro atoms. The molecule has 4 atom stereocenters. The van der Waals surface area contributed by atoms with Gasteiger partial charge in [0.1, 0.15) is 0 Å². The fourth-order valence-electron chi connectivity index (χ4n) is 5.44. The molecule has 2 aromatic carbocycles. The van der Waals surface area contributed by atoms with Crippen LogP contribution < -0.4 is 16.2 Å². The average molecular weight is 418 g/mol. The number of Topliss-reactive ketones (excluding diaryl/α,β-unsaturated/α-hetero) is 1. The summed E-state index contributed by atoms with van der Waals surface area (Å²) in [6.07, 6.45) is 1.33. The molecule has 0 aromatic heterocycles. The molecule has 160 valence electrons. The lowest BCUT2D eigenvalue weighted by Gasteiger charge is -2.44. The quantitative estimate of drug-likeness (QED) is 0.519. The first kappa shape index (κ1) is 19.9. The van der Waals surface area contributed by atoms with Gasteiger partial charge in [-0.2, -0.15) is 0 Å². The maximum Gasteiger partial charge on any atom is 0.269 e. The van der Waals surface area contributed by atoms with Crippen molar-refractivity contribution in [3.8, 4) is 0 Å². The number of carbonyl (C=O) groups excluding carboxylic acids is 1. The van der Waals surface area contributed by atoms with Gasteiger partial charge in [-0.25, -0.2) is 10.9 Å². The molecule has 31 heavy (non-hydrogen) atoms. The predicted molar refractivity (Wildman–Crippen MR) is 117 cm³/mol. The van der Waals surface area contributed by atoms with Crippen molar-refractivity contribution in [1.82, 2.24) is 16.2 Å². The fraction of sp³-hybridized carbons (Fsp3) is 0.375.